The Morgan fingerprint density at radius 3 is 3.07 bits per heavy atom. The highest BCUT2D eigenvalue weighted by Gasteiger charge is 2.25. The number of hydrazine groups is 1. The number of hydrogen-bond acceptors (Lipinski definition) is 2. The summed E-state index contributed by atoms with van der Waals surface area (Å²) in [5.74, 6) is -0.162. The van der Waals surface area contributed by atoms with E-state index in [-0.39, 0.29) is 9.87 Å². The minimum atomic E-state index is -0.162. The highest BCUT2D eigenvalue weighted by molar-refractivity contribution is 14.1. The van der Waals surface area contributed by atoms with Gasteiger partial charge in [-0.1, -0.05) is 29.5 Å². The molecule has 0 saturated heterocycles. The molecule has 1 aromatic rings. The highest BCUT2D eigenvalue weighted by atomic mass is 127. The number of halogens is 2. The van der Waals surface area contributed by atoms with Gasteiger partial charge in [-0.15, -0.1) is 0 Å². The van der Waals surface area contributed by atoms with Crippen LogP contribution in [0.1, 0.15) is 23.0 Å². The van der Waals surface area contributed by atoms with E-state index in [9.17, 15) is 4.39 Å². The Balaban J connectivity index is 2.34. The van der Waals surface area contributed by atoms with Gasteiger partial charge in [0.2, 0.25) is 0 Å². The summed E-state index contributed by atoms with van der Waals surface area (Å²) in [7, 11) is 0. The van der Waals surface area contributed by atoms with Gasteiger partial charge in [-0.3, -0.25) is 0 Å². The van der Waals surface area contributed by atoms with Crippen LogP contribution in [0.15, 0.2) is 18.2 Å². The van der Waals surface area contributed by atoms with Crippen molar-refractivity contribution in [3.8, 4) is 0 Å². The lowest BCUT2D eigenvalue weighted by atomic mass is 10.2. The first-order valence-corrected chi connectivity index (χ1v) is 5.94. The second-order valence-corrected chi connectivity index (χ2v) is 4.59. The van der Waals surface area contributed by atoms with Gasteiger partial charge < -0.3 is 5.01 Å². The first-order valence-electron chi connectivity index (χ1n) is 4.69. The third-order valence-electron chi connectivity index (χ3n) is 2.27. The van der Waals surface area contributed by atoms with Crippen molar-refractivity contribution in [1.82, 2.24) is 5.43 Å². The Morgan fingerprint density at radius 2 is 2.36 bits per heavy atom. The molecule has 1 unspecified atom stereocenters. The van der Waals surface area contributed by atoms with Crippen molar-refractivity contribution in [2.24, 2.45) is 0 Å². The van der Waals surface area contributed by atoms with Crippen LogP contribution in [0.2, 0.25) is 0 Å². The number of rotatable bonds is 2. The predicted octanol–water partition coefficient (Wildman–Crippen LogP) is 2.99. The summed E-state index contributed by atoms with van der Waals surface area (Å²) in [4.78, 5) is 0. The van der Waals surface area contributed by atoms with Gasteiger partial charge >= 0.3 is 0 Å². The van der Waals surface area contributed by atoms with Gasteiger partial charge in [-0.25, -0.2) is 9.82 Å². The maximum atomic E-state index is 13.0. The van der Waals surface area contributed by atoms with Crippen molar-refractivity contribution in [3.05, 3.63) is 29.6 Å². The van der Waals surface area contributed by atoms with E-state index in [4.69, 9.17) is 0 Å². The van der Waals surface area contributed by atoms with Crippen LogP contribution < -0.4 is 10.4 Å². The van der Waals surface area contributed by atoms with Crippen LogP contribution in [0.4, 0.5) is 10.1 Å². The van der Waals surface area contributed by atoms with Crippen molar-refractivity contribution < 1.29 is 4.39 Å². The molecular formula is C10H12FIN2. The lowest BCUT2D eigenvalue weighted by molar-refractivity contribution is 0.625. The van der Waals surface area contributed by atoms with Crippen LogP contribution in [0.5, 0.6) is 0 Å². The topological polar surface area (TPSA) is 15.3 Å². The number of nitrogens with one attached hydrogen (secondary N) is 1. The average Bonchev–Trinajstić information content (AvgIpc) is 2.44. The van der Waals surface area contributed by atoms with E-state index in [0.29, 0.717) is 0 Å². The lowest BCUT2D eigenvalue weighted by Crippen LogP contribution is -2.33. The van der Waals surface area contributed by atoms with Gasteiger partial charge in [0.25, 0.3) is 0 Å². The number of nitrogens with zero attached hydrogens (tertiary/aromatic N) is 1. The molecule has 1 aromatic carbocycles. The minimum Gasteiger partial charge on any atom is -0.307 e. The first kappa shape index (κ1) is 10.2. The summed E-state index contributed by atoms with van der Waals surface area (Å²) in [6.07, 6.45) is 1.08. The number of alkyl halides is 1. The molecule has 0 fully saturated rings. The van der Waals surface area contributed by atoms with E-state index in [0.717, 1.165) is 24.2 Å². The van der Waals surface area contributed by atoms with E-state index < -0.39 is 0 Å². The molecule has 14 heavy (non-hydrogen) atoms. The fourth-order valence-electron chi connectivity index (χ4n) is 1.66. The van der Waals surface area contributed by atoms with Crippen molar-refractivity contribution in [1.29, 1.82) is 0 Å². The van der Waals surface area contributed by atoms with Crippen molar-refractivity contribution in [2.45, 2.75) is 17.4 Å². The molecule has 1 atom stereocenters. The van der Waals surface area contributed by atoms with Crippen LogP contribution >= 0.6 is 22.6 Å². The second-order valence-electron chi connectivity index (χ2n) is 3.35. The zero-order valence-electron chi connectivity index (χ0n) is 7.93. The molecule has 1 aliphatic rings. The molecule has 0 aliphatic carbocycles. The third-order valence-corrected chi connectivity index (χ3v) is 3.22. The molecule has 76 valence electrons. The van der Waals surface area contributed by atoms with E-state index in [2.05, 4.69) is 39.9 Å². The Morgan fingerprint density at radius 1 is 1.57 bits per heavy atom. The number of anilines is 1. The summed E-state index contributed by atoms with van der Waals surface area (Å²) in [5, 5.41) is 2.09. The molecule has 1 heterocycles. The van der Waals surface area contributed by atoms with Crippen molar-refractivity contribution in [2.75, 3.05) is 11.6 Å². The maximum absolute atomic E-state index is 13.0. The van der Waals surface area contributed by atoms with Crippen LogP contribution in [-0.4, -0.2) is 6.54 Å². The Bertz CT molecular complexity index is 343. The van der Waals surface area contributed by atoms with Crippen LogP contribution in [0.3, 0.4) is 0 Å². The fraction of sp³-hybridized carbons (Fsp3) is 0.400. The van der Waals surface area contributed by atoms with Crippen LogP contribution in [-0.2, 0) is 0 Å². The van der Waals surface area contributed by atoms with Crippen LogP contribution in [0, 0.1) is 5.82 Å². The van der Waals surface area contributed by atoms with E-state index in [1.807, 2.05) is 6.07 Å². The zero-order valence-corrected chi connectivity index (χ0v) is 10.1. The highest BCUT2D eigenvalue weighted by Crippen LogP contribution is 2.36. The monoisotopic (exact) mass is 306 g/mol. The largest absolute Gasteiger partial charge is 0.307 e. The molecule has 1 aliphatic heterocycles. The van der Waals surface area contributed by atoms with E-state index >= 15 is 0 Å². The first-order chi connectivity index (χ1) is 6.72. The van der Waals surface area contributed by atoms with E-state index in [1.165, 1.54) is 6.07 Å². The SMILES string of the molecule is CCCN1NC(I)c2cc(F)ccc21. The number of hydrogen-bond donors (Lipinski definition) is 1. The van der Waals surface area contributed by atoms with Crippen molar-refractivity contribution >= 4 is 28.3 Å². The number of benzene rings is 1. The standard InChI is InChI=1S/C10H12FIN2/c1-2-5-14-9-4-3-7(11)6-8(9)10(12)13-14/h3-4,6,10,13H,2,5H2,1H3. The van der Waals surface area contributed by atoms with Crippen LogP contribution in [0.25, 0.3) is 0 Å². The Kier molecular flexibility index (Phi) is 2.92. The molecule has 1 N–H and O–H groups in total. The minimum absolute atomic E-state index is 0.162. The average molecular weight is 306 g/mol. The normalized spacial score (nSPS) is 19.9. The summed E-state index contributed by atoms with van der Waals surface area (Å²) >= 11 is 2.28. The molecule has 2 nitrogen and oxygen atoms in total. The molecule has 4 heteroatoms. The molecule has 0 bridgehead atoms. The van der Waals surface area contributed by atoms with Crippen molar-refractivity contribution in [3.63, 3.8) is 0 Å². The summed E-state index contributed by atoms with van der Waals surface area (Å²) < 4.78 is 13.2. The lowest BCUT2D eigenvalue weighted by Gasteiger charge is -2.18. The molecule has 0 spiro atoms. The van der Waals surface area contributed by atoms with Gasteiger partial charge in [0.05, 0.1) is 5.69 Å². The zero-order chi connectivity index (χ0) is 10.1. The molecule has 2 rings (SSSR count). The van der Waals surface area contributed by atoms with Gasteiger partial charge in [0.15, 0.2) is 0 Å². The molecule has 0 amide bonds. The summed E-state index contributed by atoms with van der Waals surface area (Å²) in [5.41, 5.74) is 5.45. The molecular weight excluding hydrogens is 294 g/mol. The fourth-order valence-corrected chi connectivity index (χ4v) is 2.49. The predicted molar refractivity (Wildman–Crippen MR) is 63.9 cm³/mol. The molecule has 0 saturated carbocycles. The molecule has 0 radical (unpaired) electrons. The van der Waals surface area contributed by atoms with Gasteiger partial charge in [0, 0.05) is 12.1 Å². The smallest absolute Gasteiger partial charge is 0.123 e. The summed E-state index contributed by atoms with van der Waals surface area (Å²) in [6, 6.07) is 4.96. The third kappa shape index (κ3) is 1.72. The second kappa shape index (κ2) is 4.02. The van der Waals surface area contributed by atoms with Gasteiger partial charge in [-0.2, -0.15) is 0 Å². The van der Waals surface area contributed by atoms with Gasteiger partial charge in [-0.05, 0) is 24.6 Å². The summed E-state index contributed by atoms with van der Waals surface area (Å²) in [6.45, 7) is 3.09. The number of fused-ring (bicyclic) bond motifs is 1. The van der Waals surface area contributed by atoms with E-state index in [1.54, 1.807) is 6.07 Å². The molecule has 0 aromatic heterocycles. The maximum Gasteiger partial charge on any atom is 0.123 e. The Hall–Kier alpha value is -0.360. The Labute approximate surface area is 96.6 Å². The quantitative estimate of drug-likeness (QED) is 0.513. The van der Waals surface area contributed by atoms with Gasteiger partial charge in [0.1, 0.15) is 9.87 Å².